The van der Waals surface area contributed by atoms with Crippen molar-refractivity contribution >= 4 is 39.8 Å². The molecule has 0 saturated carbocycles. The SMILES string of the molecule is CCOC(=O)c1ccc(C=Cc2cc3c(cc2CBr)C(C)(C)CC(=O)C3(C)C)cc1. The van der Waals surface area contributed by atoms with Crippen molar-refractivity contribution in [3.8, 4) is 0 Å². The monoisotopic (exact) mass is 468 g/mol. The molecule has 0 saturated heterocycles. The van der Waals surface area contributed by atoms with Crippen molar-refractivity contribution in [2.24, 2.45) is 0 Å². The average Bonchev–Trinajstić information content (AvgIpc) is 2.70. The molecule has 0 unspecified atom stereocenters. The molecule has 3 rings (SSSR count). The van der Waals surface area contributed by atoms with E-state index in [0.29, 0.717) is 18.6 Å². The molecule has 0 spiro atoms. The third-order valence-corrected chi connectivity index (χ3v) is 6.61. The second kappa shape index (κ2) is 8.50. The van der Waals surface area contributed by atoms with Gasteiger partial charge >= 0.3 is 5.97 Å². The Morgan fingerprint density at radius 3 is 2.33 bits per heavy atom. The fourth-order valence-corrected chi connectivity index (χ4v) is 4.49. The van der Waals surface area contributed by atoms with Crippen LogP contribution in [0.15, 0.2) is 36.4 Å². The molecule has 0 fully saturated rings. The molecule has 0 amide bonds. The van der Waals surface area contributed by atoms with Crippen molar-refractivity contribution in [3.05, 3.63) is 69.8 Å². The van der Waals surface area contributed by atoms with Crippen LogP contribution in [0.4, 0.5) is 0 Å². The molecular formula is C26H29BrO3. The Balaban J connectivity index is 1.98. The number of carbonyl (C=O) groups excluding carboxylic acids is 2. The minimum atomic E-state index is -0.487. The first kappa shape index (κ1) is 22.5. The molecule has 0 heterocycles. The molecule has 0 N–H and O–H groups in total. The predicted molar refractivity (Wildman–Crippen MR) is 126 cm³/mol. The molecule has 0 bridgehead atoms. The topological polar surface area (TPSA) is 43.4 Å². The zero-order valence-electron chi connectivity index (χ0n) is 18.3. The van der Waals surface area contributed by atoms with Crippen LogP contribution in [0.3, 0.4) is 0 Å². The summed E-state index contributed by atoms with van der Waals surface area (Å²) >= 11 is 3.63. The summed E-state index contributed by atoms with van der Waals surface area (Å²) in [5.74, 6) is -0.0186. The molecule has 1 aliphatic rings. The van der Waals surface area contributed by atoms with Gasteiger partial charge in [0.15, 0.2) is 0 Å². The molecule has 158 valence electrons. The van der Waals surface area contributed by atoms with E-state index in [0.717, 1.165) is 22.0 Å². The molecule has 4 heteroatoms. The van der Waals surface area contributed by atoms with Crippen LogP contribution in [0.25, 0.3) is 12.2 Å². The molecule has 0 aliphatic heterocycles. The van der Waals surface area contributed by atoms with Crippen molar-refractivity contribution in [1.29, 1.82) is 0 Å². The summed E-state index contributed by atoms with van der Waals surface area (Å²) < 4.78 is 5.04. The van der Waals surface area contributed by atoms with Gasteiger partial charge in [-0.25, -0.2) is 4.79 Å². The van der Waals surface area contributed by atoms with E-state index >= 15 is 0 Å². The lowest BCUT2D eigenvalue weighted by molar-refractivity contribution is -0.125. The maximum Gasteiger partial charge on any atom is 0.338 e. The highest BCUT2D eigenvalue weighted by Gasteiger charge is 2.43. The maximum atomic E-state index is 12.8. The van der Waals surface area contributed by atoms with E-state index in [1.54, 1.807) is 19.1 Å². The summed E-state index contributed by atoms with van der Waals surface area (Å²) in [4.78, 5) is 24.6. The summed E-state index contributed by atoms with van der Waals surface area (Å²) in [6.45, 7) is 10.5. The molecule has 3 nitrogen and oxygen atoms in total. The highest BCUT2D eigenvalue weighted by atomic mass is 79.9. The number of hydrogen-bond donors (Lipinski definition) is 0. The number of alkyl halides is 1. The number of carbonyl (C=O) groups is 2. The number of esters is 1. The molecule has 2 aromatic carbocycles. The highest BCUT2D eigenvalue weighted by molar-refractivity contribution is 9.08. The second-order valence-corrected chi connectivity index (χ2v) is 9.58. The Kier molecular flexibility index (Phi) is 6.37. The van der Waals surface area contributed by atoms with Crippen LogP contribution in [0.1, 0.15) is 79.2 Å². The number of fused-ring (bicyclic) bond motifs is 1. The minimum Gasteiger partial charge on any atom is -0.462 e. The van der Waals surface area contributed by atoms with Gasteiger partial charge in [0.05, 0.1) is 12.2 Å². The standard InChI is InChI=1S/C26H29BrO3/c1-6-30-24(29)18-10-7-17(8-11-18)9-12-19-13-22-21(14-20(19)16-27)25(2,3)15-23(28)26(22,4)5/h7-14H,6,15-16H2,1-5H3. The van der Waals surface area contributed by atoms with Gasteiger partial charge < -0.3 is 4.74 Å². The van der Waals surface area contributed by atoms with Gasteiger partial charge in [-0.2, -0.15) is 0 Å². The summed E-state index contributed by atoms with van der Waals surface area (Å²) in [5.41, 5.74) is 5.57. The number of Topliss-reactive ketones (excluding diaryl/α,β-unsaturated/α-hetero) is 1. The van der Waals surface area contributed by atoms with Gasteiger partial charge in [0.2, 0.25) is 0 Å². The fraction of sp³-hybridized carbons (Fsp3) is 0.385. The summed E-state index contributed by atoms with van der Waals surface area (Å²) in [5, 5.41) is 0.742. The molecular weight excluding hydrogens is 440 g/mol. The number of ether oxygens (including phenoxy) is 1. The Morgan fingerprint density at radius 1 is 1.07 bits per heavy atom. The van der Waals surface area contributed by atoms with Crippen molar-refractivity contribution in [2.75, 3.05) is 6.61 Å². The zero-order chi connectivity index (χ0) is 22.1. The summed E-state index contributed by atoms with van der Waals surface area (Å²) in [6.07, 6.45) is 4.68. The molecule has 30 heavy (non-hydrogen) atoms. The minimum absolute atomic E-state index is 0.163. The van der Waals surface area contributed by atoms with Gasteiger partial charge in [0.1, 0.15) is 5.78 Å². The van der Waals surface area contributed by atoms with E-state index in [2.05, 4.69) is 48.0 Å². The van der Waals surface area contributed by atoms with E-state index in [1.807, 2.05) is 32.1 Å². The number of halogens is 1. The summed E-state index contributed by atoms with van der Waals surface area (Å²) in [7, 11) is 0. The van der Waals surface area contributed by atoms with Gasteiger partial charge in [-0.3, -0.25) is 4.79 Å². The van der Waals surface area contributed by atoms with Gasteiger partial charge in [-0.15, -0.1) is 0 Å². The first-order valence-electron chi connectivity index (χ1n) is 10.3. The number of rotatable bonds is 5. The fourth-order valence-electron chi connectivity index (χ4n) is 4.01. The Labute approximate surface area is 187 Å². The third-order valence-electron chi connectivity index (χ3n) is 6.00. The van der Waals surface area contributed by atoms with Crippen LogP contribution in [-0.4, -0.2) is 18.4 Å². The van der Waals surface area contributed by atoms with Gasteiger partial charge in [0, 0.05) is 17.2 Å². The number of benzene rings is 2. The van der Waals surface area contributed by atoms with Crippen LogP contribution in [-0.2, 0) is 25.7 Å². The first-order valence-corrected chi connectivity index (χ1v) is 11.4. The smallest absolute Gasteiger partial charge is 0.338 e. The first-order chi connectivity index (χ1) is 14.1. The van der Waals surface area contributed by atoms with E-state index in [4.69, 9.17) is 4.74 Å². The third kappa shape index (κ3) is 4.29. The van der Waals surface area contributed by atoms with E-state index in [-0.39, 0.29) is 17.2 Å². The van der Waals surface area contributed by atoms with Crippen LogP contribution in [0, 0.1) is 0 Å². The average molecular weight is 469 g/mol. The van der Waals surface area contributed by atoms with E-state index < -0.39 is 5.41 Å². The van der Waals surface area contributed by atoms with Crippen LogP contribution in [0.2, 0.25) is 0 Å². The number of hydrogen-bond acceptors (Lipinski definition) is 3. The Hall–Kier alpha value is -2.20. The van der Waals surface area contributed by atoms with Gasteiger partial charge in [-0.1, -0.05) is 66.2 Å². The molecule has 0 radical (unpaired) electrons. The van der Waals surface area contributed by atoms with Crippen molar-refractivity contribution in [3.63, 3.8) is 0 Å². The lowest BCUT2D eigenvalue weighted by atomic mass is 9.62. The quantitative estimate of drug-likeness (QED) is 0.287. The van der Waals surface area contributed by atoms with Crippen molar-refractivity contribution < 1.29 is 14.3 Å². The number of ketones is 1. The van der Waals surface area contributed by atoms with Crippen LogP contribution in [0.5, 0.6) is 0 Å². The zero-order valence-corrected chi connectivity index (χ0v) is 19.9. The molecule has 1 aliphatic carbocycles. The van der Waals surface area contributed by atoms with Crippen molar-refractivity contribution in [2.45, 2.75) is 57.2 Å². The Bertz CT molecular complexity index is 998. The maximum absolute atomic E-state index is 12.8. The van der Waals surface area contributed by atoms with Gasteiger partial charge in [-0.05, 0) is 66.1 Å². The molecule has 2 aromatic rings. The second-order valence-electron chi connectivity index (χ2n) is 9.01. The van der Waals surface area contributed by atoms with Crippen LogP contribution >= 0.6 is 15.9 Å². The lowest BCUT2D eigenvalue weighted by Gasteiger charge is -2.41. The predicted octanol–water partition coefficient (Wildman–Crippen LogP) is 6.46. The van der Waals surface area contributed by atoms with E-state index in [1.165, 1.54) is 11.1 Å². The summed E-state index contributed by atoms with van der Waals surface area (Å²) in [6, 6.07) is 11.8. The Morgan fingerprint density at radius 2 is 1.73 bits per heavy atom. The van der Waals surface area contributed by atoms with Crippen LogP contribution < -0.4 is 0 Å². The van der Waals surface area contributed by atoms with Crippen molar-refractivity contribution in [1.82, 2.24) is 0 Å². The molecule has 0 aromatic heterocycles. The lowest BCUT2D eigenvalue weighted by Crippen LogP contribution is -2.42. The normalized spacial score (nSPS) is 17.1. The highest BCUT2D eigenvalue weighted by Crippen LogP contribution is 2.45. The largest absolute Gasteiger partial charge is 0.462 e. The molecule has 0 atom stereocenters. The van der Waals surface area contributed by atoms with Gasteiger partial charge in [0.25, 0.3) is 0 Å². The van der Waals surface area contributed by atoms with E-state index in [9.17, 15) is 9.59 Å².